The second-order valence-electron chi connectivity index (χ2n) is 6.07. The van der Waals surface area contributed by atoms with Crippen LogP contribution >= 0.6 is 15.9 Å². The smallest absolute Gasteiger partial charge is 0.145 e. The second-order valence-corrected chi connectivity index (χ2v) is 6.92. The predicted molar refractivity (Wildman–Crippen MR) is 74.6 cm³/mol. The highest BCUT2D eigenvalue weighted by Gasteiger charge is 2.43. The van der Waals surface area contributed by atoms with Crippen molar-refractivity contribution in [3.63, 3.8) is 0 Å². The topological polar surface area (TPSA) is 26.0 Å². The first-order valence-corrected chi connectivity index (χ1v) is 7.73. The van der Waals surface area contributed by atoms with Crippen LogP contribution in [0.25, 0.3) is 0 Å². The van der Waals surface area contributed by atoms with E-state index in [-0.39, 0.29) is 5.56 Å². The normalized spacial score (nSPS) is 31.5. The third-order valence-corrected chi connectivity index (χ3v) is 5.27. The summed E-state index contributed by atoms with van der Waals surface area (Å²) in [6.45, 7) is 0. The van der Waals surface area contributed by atoms with Crippen LogP contribution < -0.4 is 5.73 Å². The van der Waals surface area contributed by atoms with Crippen molar-refractivity contribution in [3.05, 3.63) is 33.8 Å². The van der Waals surface area contributed by atoms with Gasteiger partial charge in [-0.2, -0.15) is 0 Å². The van der Waals surface area contributed by atoms with Crippen molar-refractivity contribution in [1.82, 2.24) is 0 Å². The van der Waals surface area contributed by atoms with Crippen LogP contribution in [-0.4, -0.2) is 0 Å². The van der Waals surface area contributed by atoms with Gasteiger partial charge in [-0.15, -0.1) is 0 Å². The lowest BCUT2D eigenvalue weighted by molar-refractivity contribution is 0.197. The molecule has 2 N–H and O–H groups in total. The summed E-state index contributed by atoms with van der Waals surface area (Å²) in [5.74, 6) is 0.233. The number of benzene rings is 1. The van der Waals surface area contributed by atoms with E-state index in [1.165, 1.54) is 25.0 Å². The molecule has 2 aliphatic carbocycles. The minimum Gasteiger partial charge on any atom is -0.321 e. The third kappa shape index (κ3) is 2.45. The zero-order chi connectivity index (χ0) is 13.6. The van der Waals surface area contributed by atoms with Gasteiger partial charge in [0, 0.05) is 11.1 Å². The quantitative estimate of drug-likeness (QED) is 0.795. The van der Waals surface area contributed by atoms with Crippen molar-refractivity contribution in [2.75, 3.05) is 0 Å². The zero-order valence-electron chi connectivity index (χ0n) is 10.8. The summed E-state index contributed by atoms with van der Waals surface area (Å²) in [7, 11) is 0. The highest BCUT2D eigenvalue weighted by molar-refractivity contribution is 9.10. The van der Waals surface area contributed by atoms with Crippen molar-refractivity contribution >= 4 is 15.9 Å². The molecular weight excluding hydrogens is 312 g/mol. The molecule has 0 heterocycles. The van der Waals surface area contributed by atoms with E-state index in [4.69, 9.17) is 5.73 Å². The van der Waals surface area contributed by atoms with E-state index in [0.29, 0.717) is 23.2 Å². The molecule has 2 saturated carbocycles. The molecule has 0 aromatic heterocycles. The van der Waals surface area contributed by atoms with Crippen LogP contribution in [0.3, 0.4) is 0 Å². The van der Waals surface area contributed by atoms with Gasteiger partial charge >= 0.3 is 0 Å². The largest absolute Gasteiger partial charge is 0.321 e. The standard InChI is InChI=1S/C15H18BrF2N/c16-11-5-6-12(17)13(14(11)18)15(19)7-1-2-10(8-15)9-3-4-9/h5-6,9-10H,1-4,7-8,19H2. The molecule has 2 atom stereocenters. The monoisotopic (exact) mass is 329 g/mol. The Hall–Kier alpha value is -0.480. The molecule has 1 nitrogen and oxygen atoms in total. The SMILES string of the molecule is NC1(c2c(F)ccc(Br)c2F)CCCC(C2CC2)C1. The van der Waals surface area contributed by atoms with Crippen molar-refractivity contribution in [2.24, 2.45) is 17.6 Å². The van der Waals surface area contributed by atoms with Gasteiger partial charge in [0.05, 0.1) is 4.47 Å². The molecule has 0 aliphatic heterocycles. The van der Waals surface area contributed by atoms with Gasteiger partial charge in [-0.05, 0) is 65.6 Å². The second kappa shape index (κ2) is 4.81. The maximum atomic E-state index is 14.3. The Morgan fingerprint density at radius 3 is 2.58 bits per heavy atom. The molecule has 4 heteroatoms. The van der Waals surface area contributed by atoms with Crippen LogP contribution in [0.1, 0.15) is 44.1 Å². The van der Waals surface area contributed by atoms with E-state index in [1.54, 1.807) is 0 Å². The summed E-state index contributed by atoms with van der Waals surface area (Å²) < 4.78 is 28.6. The molecule has 19 heavy (non-hydrogen) atoms. The Morgan fingerprint density at radius 2 is 1.89 bits per heavy atom. The average Bonchev–Trinajstić information content (AvgIpc) is 3.18. The molecule has 0 amide bonds. The van der Waals surface area contributed by atoms with Gasteiger partial charge < -0.3 is 5.73 Å². The number of nitrogens with two attached hydrogens (primary N) is 1. The lowest BCUT2D eigenvalue weighted by Gasteiger charge is -2.39. The maximum absolute atomic E-state index is 14.3. The van der Waals surface area contributed by atoms with Crippen LogP contribution in [-0.2, 0) is 5.54 Å². The molecule has 0 bridgehead atoms. The van der Waals surface area contributed by atoms with E-state index in [0.717, 1.165) is 18.8 Å². The van der Waals surface area contributed by atoms with Gasteiger partial charge in [-0.1, -0.05) is 12.8 Å². The predicted octanol–water partition coefficient (Wildman–Crippen LogP) is 4.48. The fourth-order valence-electron chi connectivity index (χ4n) is 3.53. The molecule has 3 rings (SSSR count). The number of hydrogen-bond acceptors (Lipinski definition) is 1. The lowest BCUT2D eigenvalue weighted by atomic mass is 9.71. The van der Waals surface area contributed by atoms with Crippen LogP contribution in [0.5, 0.6) is 0 Å². The van der Waals surface area contributed by atoms with Gasteiger partial charge in [0.25, 0.3) is 0 Å². The zero-order valence-corrected chi connectivity index (χ0v) is 12.3. The molecule has 0 radical (unpaired) electrons. The van der Waals surface area contributed by atoms with Gasteiger partial charge in [0.15, 0.2) is 0 Å². The molecule has 0 spiro atoms. The lowest BCUT2D eigenvalue weighted by Crippen LogP contribution is -2.43. The van der Waals surface area contributed by atoms with Crippen molar-refractivity contribution in [3.8, 4) is 0 Å². The van der Waals surface area contributed by atoms with Crippen molar-refractivity contribution in [2.45, 2.75) is 44.1 Å². The van der Waals surface area contributed by atoms with Gasteiger partial charge in [-0.3, -0.25) is 0 Å². The number of halogens is 3. The Kier molecular flexibility index (Phi) is 3.42. The summed E-state index contributed by atoms with van der Waals surface area (Å²) in [5, 5.41) is 0. The van der Waals surface area contributed by atoms with Gasteiger partial charge in [0.2, 0.25) is 0 Å². The average molecular weight is 330 g/mol. The molecule has 1 aromatic rings. The Bertz CT molecular complexity index is 501. The van der Waals surface area contributed by atoms with E-state index >= 15 is 0 Å². The van der Waals surface area contributed by atoms with Crippen LogP contribution in [0.4, 0.5) is 8.78 Å². The highest BCUT2D eigenvalue weighted by Crippen LogP contribution is 2.49. The fraction of sp³-hybridized carbons (Fsp3) is 0.600. The number of hydrogen-bond donors (Lipinski definition) is 1. The van der Waals surface area contributed by atoms with Crippen LogP contribution in [0, 0.1) is 23.5 Å². The van der Waals surface area contributed by atoms with E-state index in [2.05, 4.69) is 15.9 Å². The van der Waals surface area contributed by atoms with E-state index < -0.39 is 17.2 Å². The first-order valence-electron chi connectivity index (χ1n) is 6.94. The summed E-state index contributed by atoms with van der Waals surface area (Å²) in [4.78, 5) is 0. The minimum atomic E-state index is -0.844. The molecule has 104 valence electrons. The Labute approximate surface area is 120 Å². The summed E-state index contributed by atoms with van der Waals surface area (Å²) in [6.07, 6.45) is 6.00. The van der Waals surface area contributed by atoms with Gasteiger partial charge in [0.1, 0.15) is 11.6 Å². The fourth-order valence-corrected chi connectivity index (χ4v) is 3.86. The Morgan fingerprint density at radius 1 is 1.16 bits per heavy atom. The third-order valence-electron chi connectivity index (χ3n) is 4.65. The van der Waals surface area contributed by atoms with Crippen molar-refractivity contribution < 1.29 is 8.78 Å². The van der Waals surface area contributed by atoms with Crippen molar-refractivity contribution in [1.29, 1.82) is 0 Å². The number of rotatable bonds is 2. The van der Waals surface area contributed by atoms with Crippen LogP contribution in [0.15, 0.2) is 16.6 Å². The minimum absolute atomic E-state index is 0.0761. The molecule has 2 fully saturated rings. The van der Waals surface area contributed by atoms with E-state index in [9.17, 15) is 8.78 Å². The Balaban J connectivity index is 1.97. The summed E-state index contributed by atoms with van der Waals surface area (Å²) in [6, 6.07) is 2.70. The molecule has 0 saturated heterocycles. The van der Waals surface area contributed by atoms with Crippen LogP contribution in [0.2, 0.25) is 0 Å². The highest BCUT2D eigenvalue weighted by atomic mass is 79.9. The summed E-state index contributed by atoms with van der Waals surface area (Å²) >= 11 is 3.13. The first-order chi connectivity index (χ1) is 9.01. The first kappa shape index (κ1) is 13.5. The van der Waals surface area contributed by atoms with E-state index in [1.807, 2.05) is 0 Å². The van der Waals surface area contributed by atoms with Gasteiger partial charge in [-0.25, -0.2) is 8.78 Å². The summed E-state index contributed by atoms with van der Waals surface area (Å²) in [5.41, 5.74) is 5.64. The molecular formula is C15H18BrF2N. The molecule has 2 unspecified atom stereocenters. The maximum Gasteiger partial charge on any atom is 0.145 e. The molecule has 1 aromatic carbocycles. The molecule has 2 aliphatic rings.